The topological polar surface area (TPSA) is 23.5 Å². The Bertz CT molecular complexity index is 149. The Morgan fingerprint density at radius 2 is 1.86 bits per heavy atom. The summed E-state index contributed by atoms with van der Waals surface area (Å²) in [6.07, 6.45) is -3.81. The number of aliphatic hydroxyl groups excluding tert-OH is 1. The Kier molecular flexibility index (Phi) is 6.11. The zero-order chi connectivity index (χ0) is 11.2. The van der Waals surface area contributed by atoms with E-state index in [0.29, 0.717) is 6.54 Å². The molecule has 0 spiro atoms. The lowest BCUT2D eigenvalue weighted by atomic mass is 10.2. The maximum Gasteiger partial charge on any atom is 0.415 e. The highest BCUT2D eigenvalue weighted by atomic mass is 19.4. The second-order valence-electron chi connectivity index (χ2n) is 3.53. The molecule has 1 N–H and O–H groups in total. The van der Waals surface area contributed by atoms with Crippen LogP contribution in [0.5, 0.6) is 0 Å². The molecule has 0 rings (SSSR count). The third-order valence-electron chi connectivity index (χ3n) is 2.01. The minimum absolute atomic E-state index is 0.340. The van der Waals surface area contributed by atoms with E-state index >= 15 is 0 Å². The highest BCUT2D eigenvalue weighted by Crippen LogP contribution is 2.20. The fourth-order valence-electron chi connectivity index (χ4n) is 1.12. The molecule has 1 atom stereocenters. The summed E-state index contributed by atoms with van der Waals surface area (Å²) < 4.78 is 35.8. The zero-order valence-corrected chi connectivity index (χ0v) is 8.64. The molecule has 0 heterocycles. The highest BCUT2D eigenvalue weighted by molar-refractivity contribution is 4.68. The van der Waals surface area contributed by atoms with Crippen LogP contribution in [-0.2, 0) is 0 Å². The number of halogens is 3. The van der Waals surface area contributed by atoms with Crippen LogP contribution in [0.1, 0.15) is 26.2 Å². The van der Waals surface area contributed by atoms with Crippen molar-refractivity contribution in [2.75, 3.05) is 20.1 Å². The minimum atomic E-state index is -4.50. The normalized spacial score (nSPS) is 14.8. The molecule has 0 aliphatic carbocycles. The summed E-state index contributed by atoms with van der Waals surface area (Å²) >= 11 is 0. The molecule has 5 heteroatoms. The van der Waals surface area contributed by atoms with Crippen molar-refractivity contribution in [3.05, 3.63) is 0 Å². The Morgan fingerprint density at radius 3 is 2.29 bits per heavy atom. The Balaban J connectivity index is 3.66. The van der Waals surface area contributed by atoms with Crippen molar-refractivity contribution in [1.29, 1.82) is 0 Å². The van der Waals surface area contributed by atoms with Gasteiger partial charge in [0.1, 0.15) is 0 Å². The van der Waals surface area contributed by atoms with Crippen molar-refractivity contribution in [2.24, 2.45) is 0 Å². The molecule has 0 bridgehead atoms. The zero-order valence-electron chi connectivity index (χ0n) is 8.64. The molecule has 0 aliphatic heterocycles. The first-order chi connectivity index (χ1) is 6.38. The quantitative estimate of drug-likeness (QED) is 0.682. The molecule has 0 saturated carbocycles. The van der Waals surface area contributed by atoms with Crippen LogP contribution in [0.2, 0.25) is 0 Å². The summed E-state index contributed by atoms with van der Waals surface area (Å²) in [5, 5.41) is 8.75. The molecule has 0 aromatic heterocycles. The van der Waals surface area contributed by atoms with Crippen LogP contribution in [0.25, 0.3) is 0 Å². The van der Waals surface area contributed by atoms with E-state index in [1.54, 1.807) is 7.05 Å². The van der Waals surface area contributed by atoms with E-state index in [2.05, 4.69) is 0 Å². The average molecular weight is 213 g/mol. The Morgan fingerprint density at radius 1 is 1.29 bits per heavy atom. The van der Waals surface area contributed by atoms with Crippen molar-refractivity contribution in [1.82, 2.24) is 4.90 Å². The second kappa shape index (κ2) is 6.24. The number of aliphatic hydroxyl groups is 1. The number of hydrogen-bond acceptors (Lipinski definition) is 2. The third-order valence-corrected chi connectivity index (χ3v) is 2.01. The van der Waals surface area contributed by atoms with Gasteiger partial charge in [-0.3, -0.25) is 0 Å². The summed E-state index contributed by atoms with van der Waals surface area (Å²) in [5.74, 6) is 0. The number of nitrogens with zero attached hydrogens (tertiary/aromatic N) is 1. The van der Waals surface area contributed by atoms with E-state index in [0.717, 1.165) is 19.3 Å². The van der Waals surface area contributed by atoms with Gasteiger partial charge < -0.3 is 10.0 Å². The smallest absolute Gasteiger partial charge is 0.382 e. The van der Waals surface area contributed by atoms with Gasteiger partial charge in [0.25, 0.3) is 0 Å². The Labute approximate surface area is 82.7 Å². The molecule has 0 aliphatic rings. The number of rotatable bonds is 6. The van der Waals surface area contributed by atoms with E-state index in [1.165, 1.54) is 4.90 Å². The van der Waals surface area contributed by atoms with Gasteiger partial charge in [-0.05, 0) is 20.0 Å². The Hall–Kier alpha value is -0.290. The summed E-state index contributed by atoms with van der Waals surface area (Å²) in [5.41, 5.74) is 0. The number of alkyl halides is 3. The van der Waals surface area contributed by atoms with Gasteiger partial charge >= 0.3 is 6.18 Å². The molecule has 0 radical (unpaired) electrons. The van der Waals surface area contributed by atoms with E-state index in [4.69, 9.17) is 5.11 Å². The first-order valence-corrected chi connectivity index (χ1v) is 4.81. The fraction of sp³-hybridized carbons (Fsp3) is 1.00. The second-order valence-corrected chi connectivity index (χ2v) is 3.53. The lowest BCUT2D eigenvalue weighted by Gasteiger charge is -2.21. The first kappa shape index (κ1) is 13.7. The van der Waals surface area contributed by atoms with Crippen LogP contribution in [0.3, 0.4) is 0 Å². The van der Waals surface area contributed by atoms with Gasteiger partial charge in [0, 0.05) is 6.54 Å². The van der Waals surface area contributed by atoms with Crippen LogP contribution in [-0.4, -0.2) is 42.4 Å². The van der Waals surface area contributed by atoms with E-state index in [1.807, 2.05) is 6.92 Å². The molecular weight excluding hydrogens is 195 g/mol. The minimum Gasteiger partial charge on any atom is -0.382 e. The number of hydrogen-bond donors (Lipinski definition) is 1. The van der Waals surface area contributed by atoms with Gasteiger partial charge in [-0.15, -0.1) is 0 Å². The number of unbranched alkanes of at least 4 members (excludes halogenated alkanes) is 2. The van der Waals surface area contributed by atoms with Crippen LogP contribution < -0.4 is 0 Å². The number of likely N-dealkylation sites (N-methyl/N-ethyl adjacent to an activating group) is 1. The van der Waals surface area contributed by atoms with Gasteiger partial charge in [0.05, 0.1) is 0 Å². The third kappa shape index (κ3) is 6.21. The maximum absolute atomic E-state index is 11.9. The van der Waals surface area contributed by atoms with E-state index in [-0.39, 0.29) is 6.54 Å². The lowest BCUT2D eigenvalue weighted by molar-refractivity contribution is -0.207. The summed E-state index contributed by atoms with van der Waals surface area (Å²) in [6.45, 7) is 2.29. The molecule has 14 heavy (non-hydrogen) atoms. The molecule has 2 nitrogen and oxygen atoms in total. The molecule has 1 unspecified atom stereocenters. The van der Waals surface area contributed by atoms with Gasteiger partial charge in [0.15, 0.2) is 6.10 Å². The highest BCUT2D eigenvalue weighted by Gasteiger charge is 2.38. The largest absolute Gasteiger partial charge is 0.415 e. The molecule has 0 amide bonds. The van der Waals surface area contributed by atoms with Crippen LogP contribution in [0.15, 0.2) is 0 Å². The summed E-state index contributed by atoms with van der Waals surface area (Å²) in [6, 6.07) is 0. The fourth-order valence-corrected chi connectivity index (χ4v) is 1.12. The van der Waals surface area contributed by atoms with Crippen molar-refractivity contribution >= 4 is 0 Å². The standard InChI is InChI=1S/C9H18F3NO/c1-3-4-5-6-13(2)7-8(14)9(10,11)12/h8,14H,3-7H2,1-2H3. The first-order valence-electron chi connectivity index (χ1n) is 4.81. The van der Waals surface area contributed by atoms with Gasteiger partial charge in [0.2, 0.25) is 0 Å². The van der Waals surface area contributed by atoms with Crippen molar-refractivity contribution < 1.29 is 18.3 Å². The molecule has 0 saturated heterocycles. The maximum atomic E-state index is 11.9. The monoisotopic (exact) mass is 213 g/mol. The molecular formula is C9H18F3NO. The summed E-state index contributed by atoms with van der Waals surface area (Å²) in [7, 11) is 1.59. The average Bonchev–Trinajstić information content (AvgIpc) is 2.03. The van der Waals surface area contributed by atoms with E-state index in [9.17, 15) is 13.2 Å². The lowest BCUT2D eigenvalue weighted by Crippen LogP contribution is -2.39. The predicted octanol–water partition coefficient (Wildman–Crippen LogP) is 2.03. The van der Waals surface area contributed by atoms with Crippen molar-refractivity contribution in [2.45, 2.75) is 38.5 Å². The molecule has 86 valence electrons. The van der Waals surface area contributed by atoms with Gasteiger partial charge in [-0.25, -0.2) is 0 Å². The van der Waals surface area contributed by atoms with Crippen molar-refractivity contribution in [3.8, 4) is 0 Å². The SMILES string of the molecule is CCCCCN(C)CC(O)C(F)(F)F. The molecule has 0 aromatic carbocycles. The molecule has 0 fully saturated rings. The predicted molar refractivity (Wildman–Crippen MR) is 49.1 cm³/mol. The molecule has 0 aromatic rings. The van der Waals surface area contributed by atoms with Crippen LogP contribution >= 0.6 is 0 Å². The van der Waals surface area contributed by atoms with Gasteiger partial charge in [-0.2, -0.15) is 13.2 Å². The summed E-state index contributed by atoms with van der Waals surface area (Å²) in [4.78, 5) is 1.51. The van der Waals surface area contributed by atoms with Crippen LogP contribution in [0, 0.1) is 0 Å². The van der Waals surface area contributed by atoms with Crippen molar-refractivity contribution in [3.63, 3.8) is 0 Å². The van der Waals surface area contributed by atoms with Crippen LogP contribution in [0.4, 0.5) is 13.2 Å². The van der Waals surface area contributed by atoms with Gasteiger partial charge in [-0.1, -0.05) is 19.8 Å². The van der Waals surface area contributed by atoms with E-state index < -0.39 is 12.3 Å².